The summed E-state index contributed by atoms with van der Waals surface area (Å²) in [6, 6.07) is 1.48. The standard InChI is InChI=1S/C14H22N4O4S/c1-10(2)16-12-4-5-15-14(17-12)11-8-22-7-6-18(11)13(19)9-23(3,20)21/h4-5,10-11H,6-9H2,1-3H3,(H,15,16,17)/t11-/m0/s1. The van der Waals surface area contributed by atoms with E-state index in [1.165, 1.54) is 4.90 Å². The van der Waals surface area contributed by atoms with Crippen molar-refractivity contribution < 1.29 is 17.9 Å². The third kappa shape index (κ3) is 5.14. The van der Waals surface area contributed by atoms with Crippen LogP contribution in [0.25, 0.3) is 0 Å². The fraction of sp³-hybridized carbons (Fsp3) is 0.643. The Bertz CT molecular complexity index is 662. The van der Waals surface area contributed by atoms with Gasteiger partial charge in [-0.25, -0.2) is 18.4 Å². The molecule has 1 amide bonds. The molecule has 1 fully saturated rings. The summed E-state index contributed by atoms with van der Waals surface area (Å²) in [5.74, 6) is 0.128. The molecule has 0 aliphatic carbocycles. The predicted molar refractivity (Wildman–Crippen MR) is 85.8 cm³/mol. The summed E-state index contributed by atoms with van der Waals surface area (Å²) in [4.78, 5) is 22.4. The maximum atomic E-state index is 12.3. The minimum absolute atomic E-state index is 0.211. The minimum Gasteiger partial charge on any atom is -0.377 e. The topological polar surface area (TPSA) is 101 Å². The van der Waals surface area contributed by atoms with E-state index in [1.54, 1.807) is 12.3 Å². The van der Waals surface area contributed by atoms with Crippen molar-refractivity contribution in [1.29, 1.82) is 0 Å². The molecule has 0 saturated carbocycles. The number of morpholine rings is 1. The van der Waals surface area contributed by atoms with Crippen molar-refractivity contribution in [3.05, 3.63) is 18.1 Å². The monoisotopic (exact) mass is 342 g/mol. The van der Waals surface area contributed by atoms with Crippen molar-refractivity contribution in [2.45, 2.75) is 25.9 Å². The Hall–Kier alpha value is -1.74. The smallest absolute Gasteiger partial charge is 0.238 e. The van der Waals surface area contributed by atoms with E-state index in [1.807, 2.05) is 13.8 Å². The van der Waals surface area contributed by atoms with Crippen LogP contribution in [-0.4, -0.2) is 67.0 Å². The summed E-state index contributed by atoms with van der Waals surface area (Å²) in [7, 11) is -3.39. The first kappa shape index (κ1) is 17.6. The van der Waals surface area contributed by atoms with Crippen molar-refractivity contribution in [2.24, 2.45) is 0 Å². The summed E-state index contributed by atoms with van der Waals surface area (Å²) in [6.07, 6.45) is 2.66. The molecule has 0 aromatic carbocycles. The molecule has 2 heterocycles. The zero-order valence-electron chi connectivity index (χ0n) is 13.5. The molecule has 128 valence electrons. The highest BCUT2D eigenvalue weighted by Crippen LogP contribution is 2.22. The molecule has 0 spiro atoms. The maximum absolute atomic E-state index is 12.3. The van der Waals surface area contributed by atoms with Crippen LogP contribution >= 0.6 is 0 Å². The first-order valence-electron chi connectivity index (χ1n) is 7.40. The zero-order valence-corrected chi connectivity index (χ0v) is 14.3. The summed E-state index contributed by atoms with van der Waals surface area (Å²) in [5, 5.41) is 3.18. The second-order valence-electron chi connectivity index (χ2n) is 5.85. The zero-order chi connectivity index (χ0) is 17.0. The van der Waals surface area contributed by atoms with Crippen molar-refractivity contribution in [1.82, 2.24) is 14.9 Å². The van der Waals surface area contributed by atoms with Gasteiger partial charge >= 0.3 is 0 Å². The van der Waals surface area contributed by atoms with Gasteiger partial charge < -0.3 is 15.0 Å². The molecular weight excluding hydrogens is 320 g/mol. The van der Waals surface area contributed by atoms with Crippen LogP contribution in [0.1, 0.15) is 25.7 Å². The van der Waals surface area contributed by atoms with Crippen molar-refractivity contribution in [2.75, 3.05) is 37.1 Å². The molecular formula is C14H22N4O4S. The molecule has 0 radical (unpaired) electrons. The summed E-state index contributed by atoms with van der Waals surface area (Å²) in [6.45, 7) is 4.93. The van der Waals surface area contributed by atoms with Gasteiger partial charge in [0.25, 0.3) is 0 Å². The van der Waals surface area contributed by atoms with Gasteiger partial charge in [-0.2, -0.15) is 0 Å². The Labute approximate surface area is 136 Å². The number of aromatic nitrogens is 2. The van der Waals surface area contributed by atoms with E-state index in [2.05, 4.69) is 15.3 Å². The van der Waals surface area contributed by atoms with Crippen LogP contribution in [0.15, 0.2) is 12.3 Å². The normalized spacial score (nSPS) is 19.0. The second-order valence-corrected chi connectivity index (χ2v) is 7.99. The van der Waals surface area contributed by atoms with Crippen molar-refractivity contribution >= 4 is 21.6 Å². The highest BCUT2D eigenvalue weighted by molar-refractivity contribution is 7.91. The Balaban J connectivity index is 2.22. The number of amides is 1. The van der Waals surface area contributed by atoms with Gasteiger partial charge in [0.1, 0.15) is 17.6 Å². The molecule has 1 N–H and O–H groups in total. The molecule has 23 heavy (non-hydrogen) atoms. The van der Waals surface area contributed by atoms with Gasteiger partial charge in [0.2, 0.25) is 5.91 Å². The quantitative estimate of drug-likeness (QED) is 0.818. The van der Waals surface area contributed by atoms with Crippen LogP contribution in [0.2, 0.25) is 0 Å². The molecule has 8 nitrogen and oxygen atoms in total. The lowest BCUT2D eigenvalue weighted by Gasteiger charge is -2.34. The molecule has 1 aliphatic rings. The Kier molecular flexibility index (Phi) is 5.53. The first-order valence-corrected chi connectivity index (χ1v) is 9.47. The Morgan fingerprint density at radius 1 is 1.52 bits per heavy atom. The molecule has 1 aromatic rings. The number of carbonyl (C=O) groups excluding carboxylic acids is 1. The van der Waals surface area contributed by atoms with Gasteiger partial charge in [0, 0.05) is 25.0 Å². The Morgan fingerprint density at radius 3 is 2.91 bits per heavy atom. The molecule has 1 aliphatic heterocycles. The van der Waals surface area contributed by atoms with Crippen molar-refractivity contribution in [3.8, 4) is 0 Å². The van der Waals surface area contributed by atoms with Crippen LogP contribution < -0.4 is 5.32 Å². The van der Waals surface area contributed by atoms with Crippen LogP contribution in [-0.2, 0) is 19.4 Å². The Morgan fingerprint density at radius 2 is 2.26 bits per heavy atom. The van der Waals surface area contributed by atoms with E-state index in [0.717, 1.165) is 6.26 Å². The molecule has 0 unspecified atom stereocenters. The summed E-state index contributed by atoms with van der Waals surface area (Å²) >= 11 is 0. The largest absolute Gasteiger partial charge is 0.377 e. The molecule has 1 atom stereocenters. The van der Waals surface area contributed by atoms with E-state index in [4.69, 9.17) is 4.74 Å². The van der Waals surface area contributed by atoms with E-state index in [0.29, 0.717) is 24.8 Å². The number of sulfone groups is 1. The fourth-order valence-electron chi connectivity index (χ4n) is 2.33. The molecule has 1 aromatic heterocycles. The lowest BCUT2D eigenvalue weighted by atomic mass is 10.2. The first-order chi connectivity index (χ1) is 10.8. The lowest BCUT2D eigenvalue weighted by molar-refractivity contribution is -0.137. The van der Waals surface area contributed by atoms with Crippen molar-refractivity contribution in [3.63, 3.8) is 0 Å². The number of rotatable bonds is 5. The van der Waals surface area contributed by atoms with Gasteiger partial charge in [0.15, 0.2) is 15.7 Å². The maximum Gasteiger partial charge on any atom is 0.238 e. The molecule has 9 heteroatoms. The van der Waals surface area contributed by atoms with Crippen LogP contribution in [0.5, 0.6) is 0 Å². The number of anilines is 1. The SMILES string of the molecule is CC(C)Nc1ccnc([C@@H]2COCCN2C(=O)CS(C)(=O)=O)n1. The minimum atomic E-state index is -3.39. The van der Waals surface area contributed by atoms with E-state index in [9.17, 15) is 13.2 Å². The summed E-state index contributed by atoms with van der Waals surface area (Å²) in [5.41, 5.74) is 0. The fourth-order valence-corrected chi connectivity index (χ4v) is 2.95. The number of hydrogen-bond acceptors (Lipinski definition) is 7. The van der Waals surface area contributed by atoms with E-state index >= 15 is 0 Å². The average molecular weight is 342 g/mol. The van der Waals surface area contributed by atoms with Crippen LogP contribution in [0.4, 0.5) is 5.82 Å². The number of hydrogen-bond donors (Lipinski definition) is 1. The summed E-state index contributed by atoms with van der Waals surface area (Å²) < 4.78 is 28.2. The molecule has 2 rings (SSSR count). The van der Waals surface area contributed by atoms with Gasteiger partial charge in [-0.3, -0.25) is 4.79 Å². The second kappa shape index (κ2) is 7.22. The number of carbonyl (C=O) groups is 1. The van der Waals surface area contributed by atoms with E-state index in [-0.39, 0.29) is 12.6 Å². The van der Waals surface area contributed by atoms with Gasteiger partial charge in [-0.05, 0) is 19.9 Å². The number of nitrogens with one attached hydrogen (secondary N) is 1. The average Bonchev–Trinajstić information content (AvgIpc) is 2.45. The highest BCUT2D eigenvalue weighted by Gasteiger charge is 2.32. The number of ether oxygens (including phenoxy) is 1. The predicted octanol–water partition coefficient (Wildman–Crippen LogP) is 0.241. The van der Waals surface area contributed by atoms with Crippen LogP contribution in [0.3, 0.4) is 0 Å². The third-order valence-electron chi connectivity index (χ3n) is 3.24. The molecule has 1 saturated heterocycles. The molecule has 0 bridgehead atoms. The van der Waals surface area contributed by atoms with Gasteiger partial charge in [-0.15, -0.1) is 0 Å². The third-order valence-corrected chi connectivity index (χ3v) is 4.01. The highest BCUT2D eigenvalue weighted by atomic mass is 32.2. The number of nitrogens with zero attached hydrogens (tertiary/aromatic N) is 3. The van der Waals surface area contributed by atoms with Gasteiger partial charge in [0.05, 0.1) is 13.2 Å². The lowest BCUT2D eigenvalue weighted by Crippen LogP contribution is -2.46. The van der Waals surface area contributed by atoms with Crippen LogP contribution in [0, 0.1) is 0 Å². The van der Waals surface area contributed by atoms with E-state index < -0.39 is 27.5 Å². The van der Waals surface area contributed by atoms with Gasteiger partial charge in [-0.1, -0.05) is 0 Å².